The standard InChI is InChI=1S/C16H20N2/c1-2-4-13-12(3-1)16-6-8-18-7-5-11(10-15(16)18)9-14(16)17-13/h1-4,11,14-15,17H,5-10H2/t11-,14-,15-,16?/m0/s1. The fourth-order valence-corrected chi connectivity index (χ4v) is 5.44. The molecule has 1 N–H and O–H groups in total. The molecule has 0 radical (unpaired) electrons. The lowest BCUT2D eigenvalue weighted by molar-refractivity contribution is 0.0661. The van der Waals surface area contributed by atoms with E-state index in [2.05, 4.69) is 34.5 Å². The van der Waals surface area contributed by atoms with Gasteiger partial charge in [-0.15, -0.1) is 0 Å². The third-order valence-electron chi connectivity index (χ3n) is 6.18. The Morgan fingerprint density at radius 3 is 3.11 bits per heavy atom. The molecule has 3 heterocycles. The minimum absolute atomic E-state index is 0.452. The van der Waals surface area contributed by atoms with E-state index in [9.17, 15) is 0 Å². The quantitative estimate of drug-likeness (QED) is 0.750. The van der Waals surface area contributed by atoms with Crippen LogP contribution < -0.4 is 5.32 Å². The second-order valence-corrected chi connectivity index (χ2v) is 6.71. The number of hydrogen-bond acceptors (Lipinski definition) is 2. The normalized spacial score (nSPS) is 44.3. The average molecular weight is 240 g/mol. The van der Waals surface area contributed by atoms with Gasteiger partial charge in [-0.05, 0) is 56.3 Å². The lowest BCUT2D eigenvalue weighted by Gasteiger charge is -2.50. The molecule has 4 atom stereocenters. The first-order valence-corrected chi connectivity index (χ1v) is 7.48. The molecule has 2 heteroatoms. The molecular weight excluding hydrogens is 220 g/mol. The Morgan fingerprint density at radius 1 is 1.17 bits per heavy atom. The van der Waals surface area contributed by atoms with Gasteiger partial charge in [0, 0.05) is 23.2 Å². The summed E-state index contributed by atoms with van der Waals surface area (Å²) in [5.41, 5.74) is 3.51. The van der Waals surface area contributed by atoms with Crippen LogP contribution >= 0.6 is 0 Å². The highest BCUT2D eigenvalue weighted by atomic mass is 15.2. The maximum atomic E-state index is 3.86. The van der Waals surface area contributed by atoms with Gasteiger partial charge in [0.2, 0.25) is 0 Å². The van der Waals surface area contributed by atoms with Gasteiger partial charge in [0.05, 0.1) is 0 Å². The lowest BCUT2D eigenvalue weighted by atomic mass is 9.61. The largest absolute Gasteiger partial charge is 0.381 e. The highest BCUT2D eigenvalue weighted by Gasteiger charge is 2.61. The van der Waals surface area contributed by atoms with Crippen molar-refractivity contribution in [3.8, 4) is 0 Å². The summed E-state index contributed by atoms with van der Waals surface area (Å²) < 4.78 is 0. The Hall–Kier alpha value is -1.02. The van der Waals surface area contributed by atoms with E-state index in [-0.39, 0.29) is 0 Å². The van der Waals surface area contributed by atoms with Gasteiger partial charge in [-0.1, -0.05) is 18.2 Å². The molecular formula is C16H20N2. The summed E-state index contributed by atoms with van der Waals surface area (Å²) in [5, 5.41) is 3.86. The molecule has 1 unspecified atom stereocenters. The number of nitrogens with zero attached hydrogens (tertiary/aromatic N) is 1. The molecule has 1 aromatic carbocycles. The number of fused-ring (bicyclic) bond motifs is 2. The van der Waals surface area contributed by atoms with Crippen LogP contribution in [0.3, 0.4) is 0 Å². The minimum atomic E-state index is 0.452. The molecule has 5 rings (SSSR count). The van der Waals surface area contributed by atoms with Gasteiger partial charge in [0.25, 0.3) is 0 Å². The van der Waals surface area contributed by atoms with Gasteiger partial charge in [0.15, 0.2) is 0 Å². The van der Waals surface area contributed by atoms with Crippen LogP contribution in [0.5, 0.6) is 0 Å². The van der Waals surface area contributed by atoms with Gasteiger partial charge in [-0.25, -0.2) is 0 Å². The van der Waals surface area contributed by atoms with E-state index in [1.807, 2.05) is 0 Å². The molecule has 94 valence electrons. The summed E-state index contributed by atoms with van der Waals surface area (Å²) in [7, 11) is 0. The Balaban J connectivity index is 1.73. The van der Waals surface area contributed by atoms with Crippen molar-refractivity contribution >= 4 is 5.69 Å². The molecule has 2 saturated heterocycles. The maximum Gasteiger partial charge on any atom is 0.0382 e. The lowest BCUT2D eigenvalue weighted by Crippen LogP contribution is -2.57. The Bertz CT molecular complexity index is 512. The van der Waals surface area contributed by atoms with Gasteiger partial charge < -0.3 is 5.32 Å². The van der Waals surface area contributed by atoms with Gasteiger partial charge >= 0.3 is 0 Å². The molecule has 0 amide bonds. The molecule has 3 fully saturated rings. The molecule has 1 aromatic rings. The zero-order valence-electron chi connectivity index (χ0n) is 10.7. The van der Waals surface area contributed by atoms with E-state index in [0.717, 1.165) is 12.0 Å². The first-order valence-electron chi connectivity index (χ1n) is 7.48. The first kappa shape index (κ1) is 9.85. The van der Waals surface area contributed by atoms with Crippen LogP contribution in [0.1, 0.15) is 31.2 Å². The Kier molecular flexibility index (Phi) is 1.70. The summed E-state index contributed by atoms with van der Waals surface area (Å²) in [5.74, 6) is 0.976. The fraction of sp³-hybridized carbons (Fsp3) is 0.625. The molecule has 4 aliphatic rings. The smallest absolute Gasteiger partial charge is 0.0382 e. The van der Waals surface area contributed by atoms with Gasteiger partial charge in [0.1, 0.15) is 0 Å². The van der Waals surface area contributed by atoms with E-state index in [0.29, 0.717) is 11.5 Å². The SMILES string of the molecule is c1ccc2c(c1)N[C@H]1C[C@@H]3CCN4CCC21[C@@H]4C3. The molecule has 1 spiro atoms. The number of para-hydroxylation sites is 1. The monoisotopic (exact) mass is 240 g/mol. The zero-order valence-corrected chi connectivity index (χ0v) is 10.7. The molecule has 2 bridgehead atoms. The van der Waals surface area contributed by atoms with Crippen molar-refractivity contribution < 1.29 is 0 Å². The number of rotatable bonds is 0. The minimum Gasteiger partial charge on any atom is -0.381 e. The molecule has 2 nitrogen and oxygen atoms in total. The van der Waals surface area contributed by atoms with Crippen LogP contribution in [0, 0.1) is 5.92 Å². The van der Waals surface area contributed by atoms with Crippen molar-refractivity contribution in [1.29, 1.82) is 0 Å². The van der Waals surface area contributed by atoms with E-state index >= 15 is 0 Å². The summed E-state index contributed by atoms with van der Waals surface area (Å²) in [6, 6.07) is 10.6. The first-order chi connectivity index (χ1) is 8.88. The number of nitrogens with one attached hydrogen (secondary N) is 1. The molecule has 1 aliphatic carbocycles. The number of anilines is 1. The highest BCUT2D eigenvalue weighted by Crippen LogP contribution is 2.58. The van der Waals surface area contributed by atoms with E-state index in [4.69, 9.17) is 0 Å². The van der Waals surface area contributed by atoms with E-state index in [1.165, 1.54) is 44.5 Å². The molecule has 3 aliphatic heterocycles. The number of piperidine rings is 1. The van der Waals surface area contributed by atoms with Crippen LogP contribution in [0.25, 0.3) is 0 Å². The Morgan fingerprint density at radius 2 is 2.11 bits per heavy atom. The second-order valence-electron chi connectivity index (χ2n) is 6.71. The molecule has 1 saturated carbocycles. The van der Waals surface area contributed by atoms with Gasteiger partial charge in [-0.3, -0.25) is 4.90 Å². The van der Waals surface area contributed by atoms with Crippen LogP contribution in [-0.4, -0.2) is 30.1 Å². The van der Waals surface area contributed by atoms with Crippen molar-refractivity contribution in [2.45, 2.75) is 43.2 Å². The number of hydrogen-bond donors (Lipinski definition) is 1. The summed E-state index contributed by atoms with van der Waals surface area (Å²) >= 11 is 0. The van der Waals surface area contributed by atoms with Crippen molar-refractivity contribution in [1.82, 2.24) is 4.90 Å². The third kappa shape index (κ3) is 0.969. The number of benzene rings is 1. The van der Waals surface area contributed by atoms with Crippen LogP contribution in [-0.2, 0) is 5.41 Å². The summed E-state index contributed by atoms with van der Waals surface area (Å²) in [4.78, 5) is 2.78. The maximum absolute atomic E-state index is 3.86. The van der Waals surface area contributed by atoms with Crippen molar-refractivity contribution in [2.24, 2.45) is 5.92 Å². The van der Waals surface area contributed by atoms with Crippen LogP contribution in [0.15, 0.2) is 24.3 Å². The fourth-order valence-electron chi connectivity index (χ4n) is 5.44. The topological polar surface area (TPSA) is 15.3 Å². The van der Waals surface area contributed by atoms with Crippen molar-refractivity contribution in [2.75, 3.05) is 18.4 Å². The van der Waals surface area contributed by atoms with Crippen LogP contribution in [0.4, 0.5) is 5.69 Å². The predicted molar refractivity (Wildman–Crippen MR) is 72.8 cm³/mol. The highest BCUT2D eigenvalue weighted by molar-refractivity contribution is 5.64. The average Bonchev–Trinajstić information content (AvgIpc) is 2.94. The van der Waals surface area contributed by atoms with Crippen LogP contribution in [0.2, 0.25) is 0 Å². The molecule has 18 heavy (non-hydrogen) atoms. The summed E-state index contributed by atoms with van der Waals surface area (Å²) in [6.07, 6.45) is 5.66. The predicted octanol–water partition coefficient (Wildman–Crippen LogP) is 2.61. The van der Waals surface area contributed by atoms with Crippen molar-refractivity contribution in [3.63, 3.8) is 0 Å². The Labute approximate surface area is 108 Å². The van der Waals surface area contributed by atoms with Crippen molar-refractivity contribution in [3.05, 3.63) is 29.8 Å². The second kappa shape index (κ2) is 3.11. The van der Waals surface area contributed by atoms with Gasteiger partial charge in [-0.2, -0.15) is 0 Å². The molecule has 0 aromatic heterocycles. The van der Waals surface area contributed by atoms with E-state index in [1.54, 1.807) is 5.56 Å². The zero-order chi connectivity index (χ0) is 11.7. The third-order valence-corrected chi connectivity index (χ3v) is 6.18. The summed E-state index contributed by atoms with van der Waals surface area (Å²) in [6.45, 7) is 2.68. The van der Waals surface area contributed by atoms with E-state index < -0.39 is 0 Å².